The largest absolute Gasteiger partial charge is 0.480 e. The SMILES string of the molecule is CC(C)(NC(=O)C(C)(C)C(C)(C)N)C(=O)O. The van der Waals surface area contributed by atoms with E-state index in [9.17, 15) is 9.59 Å². The molecule has 0 heterocycles. The van der Waals surface area contributed by atoms with Crippen molar-refractivity contribution in [3.05, 3.63) is 0 Å². The maximum absolute atomic E-state index is 12.0. The molecular weight excluding hydrogens is 208 g/mol. The lowest BCUT2D eigenvalue weighted by Gasteiger charge is -2.38. The maximum Gasteiger partial charge on any atom is 0.328 e. The maximum atomic E-state index is 12.0. The van der Waals surface area contributed by atoms with Crippen LogP contribution in [0.1, 0.15) is 41.5 Å². The average molecular weight is 230 g/mol. The third-order valence-electron chi connectivity index (χ3n) is 3.14. The van der Waals surface area contributed by atoms with Crippen LogP contribution in [0.5, 0.6) is 0 Å². The van der Waals surface area contributed by atoms with Gasteiger partial charge in [-0.05, 0) is 41.5 Å². The lowest BCUT2D eigenvalue weighted by atomic mass is 9.74. The topological polar surface area (TPSA) is 92.4 Å². The Morgan fingerprint density at radius 3 is 1.69 bits per heavy atom. The first kappa shape index (κ1) is 14.9. The van der Waals surface area contributed by atoms with E-state index in [2.05, 4.69) is 5.32 Å². The van der Waals surface area contributed by atoms with Crippen molar-refractivity contribution >= 4 is 11.9 Å². The average Bonchev–Trinajstić information content (AvgIpc) is 2.00. The first-order chi connectivity index (χ1) is 6.82. The Labute approximate surface area is 96.4 Å². The second-order valence-corrected chi connectivity index (χ2v) is 5.73. The van der Waals surface area contributed by atoms with Crippen LogP contribution in [0.3, 0.4) is 0 Å². The molecular formula is C11H22N2O3. The van der Waals surface area contributed by atoms with Crippen LogP contribution in [0, 0.1) is 5.41 Å². The first-order valence-corrected chi connectivity index (χ1v) is 5.17. The highest BCUT2D eigenvalue weighted by atomic mass is 16.4. The minimum Gasteiger partial charge on any atom is -0.480 e. The Morgan fingerprint density at radius 2 is 1.44 bits per heavy atom. The molecule has 0 atom stereocenters. The molecule has 0 aromatic heterocycles. The van der Waals surface area contributed by atoms with E-state index >= 15 is 0 Å². The highest BCUT2D eigenvalue weighted by Gasteiger charge is 2.43. The van der Waals surface area contributed by atoms with Crippen molar-refractivity contribution in [3.63, 3.8) is 0 Å². The van der Waals surface area contributed by atoms with Crippen LogP contribution in [0.2, 0.25) is 0 Å². The molecule has 0 rings (SSSR count). The van der Waals surface area contributed by atoms with E-state index in [1.165, 1.54) is 13.8 Å². The predicted molar refractivity (Wildman–Crippen MR) is 61.9 cm³/mol. The molecule has 5 nitrogen and oxygen atoms in total. The highest BCUT2D eigenvalue weighted by Crippen LogP contribution is 2.29. The van der Waals surface area contributed by atoms with E-state index in [1.54, 1.807) is 27.7 Å². The molecule has 0 aromatic carbocycles. The van der Waals surface area contributed by atoms with Gasteiger partial charge in [-0.3, -0.25) is 4.79 Å². The summed E-state index contributed by atoms with van der Waals surface area (Å²) in [5.74, 6) is -1.45. The number of amides is 1. The zero-order valence-electron chi connectivity index (χ0n) is 10.8. The number of nitrogens with one attached hydrogen (secondary N) is 1. The normalized spacial score (nSPS) is 13.4. The number of aliphatic carboxylic acids is 1. The molecule has 1 amide bonds. The summed E-state index contributed by atoms with van der Waals surface area (Å²) in [6.45, 7) is 9.74. The van der Waals surface area contributed by atoms with E-state index in [1.807, 2.05) is 0 Å². The lowest BCUT2D eigenvalue weighted by Crippen LogP contribution is -2.60. The van der Waals surface area contributed by atoms with E-state index < -0.39 is 22.5 Å². The fraction of sp³-hybridized carbons (Fsp3) is 0.818. The minimum absolute atomic E-state index is 0.368. The summed E-state index contributed by atoms with van der Waals surface area (Å²) in [4.78, 5) is 22.9. The van der Waals surface area contributed by atoms with Gasteiger partial charge in [0.2, 0.25) is 5.91 Å². The van der Waals surface area contributed by atoms with E-state index in [0.717, 1.165) is 0 Å². The van der Waals surface area contributed by atoms with Gasteiger partial charge in [0.05, 0.1) is 5.41 Å². The van der Waals surface area contributed by atoms with Crippen molar-refractivity contribution in [2.45, 2.75) is 52.6 Å². The molecule has 16 heavy (non-hydrogen) atoms. The summed E-state index contributed by atoms with van der Waals surface area (Å²) in [6, 6.07) is 0. The van der Waals surface area contributed by atoms with Crippen molar-refractivity contribution in [1.29, 1.82) is 0 Å². The molecule has 0 aliphatic rings. The summed E-state index contributed by atoms with van der Waals surface area (Å²) < 4.78 is 0. The standard InChI is InChI=1S/C11H22N2O3/c1-9(2,11(5,6)12)7(14)13-10(3,4)8(15)16/h12H2,1-6H3,(H,13,14)(H,15,16). The number of nitrogens with two attached hydrogens (primary N) is 1. The third kappa shape index (κ3) is 2.95. The summed E-state index contributed by atoms with van der Waals surface area (Å²) >= 11 is 0. The Bertz CT molecular complexity index is 301. The van der Waals surface area contributed by atoms with Crippen LogP contribution in [0.25, 0.3) is 0 Å². The van der Waals surface area contributed by atoms with Gasteiger partial charge in [0.1, 0.15) is 5.54 Å². The molecule has 0 fully saturated rings. The molecule has 94 valence electrons. The van der Waals surface area contributed by atoms with Crippen LogP contribution in [-0.2, 0) is 9.59 Å². The number of carboxylic acid groups (broad SMARTS) is 1. The second kappa shape index (κ2) is 4.05. The summed E-state index contributed by atoms with van der Waals surface area (Å²) in [5, 5.41) is 11.4. The second-order valence-electron chi connectivity index (χ2n) is 5.73. The molecule has 0 spiro atoms. The number of hydrogen-bond donors (Lipinski definition) is 3. The summed E-state index contributed by atoms with van der Waals surface area (Å²) in [7, 11) is 0. The zero-order valence-corrected chi connectivity index (χ0v) is 10.8. The molecule has 0 aliphatic carbocycles. The van der Waals surface area contributed by atoms with E-state index in [4.69, 9.17) is 10.8 Å². The van der Waals surface area contributed by atoms with Crippen LogP contribution in [-0.4, -0.2) is 28.1 Å². The van der Waals surface area contributed by atoms with E-state index in [0.29, 0.717) is 0 Å². The van der Waals surface area contributed by atoms with Gasteiger partial charge in [-0.1, -0.05) is 0 Å². The van der Waals surface area contributed by atoms with Crippen molar-refractivity contribution in [1.82, 2.24) is 5.32 Å². The Hall–Kier alpha value is -1.10. The third-order valence-corrected chi connectivity index (χ3v) is 3.14. The Balaban J connectivity index is 4.92. The van der Waals surface area contributed by atoms with Crippen LogP contribution >= 0.6 is 0 Å². The Kier molecular flexibility index (Phi) is 3.77. The fourth-order valence-corrected chi connectivity index (χ4v) is 0.786. The molecule has 5 heteroatoms. The van der Waals surface area contributed by atoms with Crippen molar-refractivity contribution < 1.29 is 14.7 Å². The predicted octanol–water partition coefficient (Wildman–Crippen LogP) is 0.729. The van der Waals surface area contributed by atoms with Gasteiger partial charge in [0.15, 0.2) is 0 Å². The summed E-state index contributed by atoms with van der Waals surface area (Å²) in [6.07, 6.45) is 0. The van der Waals surface area contributed by atoms with Gasteiger partial charge < -0.3 is 16.2 Å². The lowest BCUT2D eigenvalue weighted by molar-refractivity contribution is -0.148. The molecule has 0 aromatic rings. The van der Waals surface area contributed by atoms with Crippen molar-refractivity contribution in [2.24, 2.45) is 11.1 Å². The minimum atomic E-state index is -1.29. The van der Waals surface area contributed by atoms with Crippen LogP contribution in [0.4, 0.5) is 0 Å². The highest BCUT2D eigenvalue weighted by molar-refractivity contribution is 5.89. The molecule has 0 aliphatic heterocycles. The molecule has 0 bridgehead atoms. The molecule has 4 N–H and O–H groups in total. The molecule has 0 radical (unpaired) electrons. The van der Waals surface area contributed by atoms with Crippen molar-refractivity contribution in [3.8, 4) is 0 Å². The van der Waals surface area contributed by atoms with E-state index in [-0.39, 0.29) is 5.91 Å². The quantitative estimate of drug-likeness (QED) is 0.663. The smallest absolute Gasteiger partial charge is 0.328 e. The van der Waals surface area contributed by atoms with Gasteiger partial charge >= 0.3 is 5.97 Å². The van der Waals surface area contributed by atoms with Gasteiger partial charge in [0, 0.05) is 5.54 Å². The monoisotopic (exact) mass is 230 g/mol. The first-order valence-electron chi connectivity index (χ1n) is 5.17. The summed E-state index contributed by atoms with van der Waals surface area (Å²) in [5.41, 5.74) is 3.03. The van der Waals surface area contributed by atoms with Gasteiger partial charge in [-0.25, -0.2) is 4.79 Å². The van der Waals surface area contributed by atoms with Crippen LogP contribution < -0.4 is 11.1 Å². The van der Waals surface area contributed by atoms with Gasteiger partial charge in [-0.2, -0.15) is 0 Å². The number of carbonyl (C=O) groups is 2. The molecule has 0 saturated heterocycles. The van der Waals surface area contributed by atoms with Gasteiger partial charge in [-0.15, -0.1) is 0 Å². The van der Waals surface area contributed by atoms with Crippen LogP contribution in [0.15, 0.2) is 0 Å². The van der Waals surface area contributed by atoms with Gasteiger partial charge in [0.25, 0.3) is 0 Å². The number of hydrogen-bond acceptors (Lipinski definition) is 3. The number of carboxylic acids is 1. The van der Waals surface area contributed by atoms with Crippen molar-refractivity contribution in [2.75, 3.05) is 0 Å². The molecule has 0 saturated carbocycles. The zero-order chi connectivity index (χ0) is 13.4. The Morgan fingerprint density at radius 1 is 1.06 bits per heavy atom. The number of rotatable bonds is 4. The molecule has 0 unspecified atom stereocenters. The number of carbonyl (C=O) groups excluding carboxylic acids is 1. The fourth-order valence-electron chi connectivity index (χ4n) is 0.786.